The first-order chi connectivity index (χ1) is 18.1. The van der Waals surface area contributed by atoms with Crippen molar-refractivity contribution in [3.05, 3.63) is 98.0 Å². The van der Waals surface area contributed by atoms with Crippen molar-refractivity contribution in [2.45, 2.75) is 13.3 Å². The number of nitrogens with one attached hydrogen (secondary N) is 1. The highest BCUT2D eigenvalue weighted by atomic mass is 79.9. The van der Waals surface area contributed by atoms with Crippen LogP contribution in [0.1, 0.15) is 32.7 Å². The minimum Gasteiger partial charge on any atom is -0.454 e. The number of nitro benzene ring substituents is 1. The number of carbonyl (C=O) groups excluding carboxylic acids is 4. The fourth-order valence-electron chi connectivity index (χ4n) is 3.96. The second-order valence-electron chi connectivity index (χ2n) is 8.71. The van der Waals surface area contributed by atoms with Crippen LogP contribution in [0.25, 0.3) is 0 Å². The van der Waals surface area contributed by atoms with Crippen molar-refractivity contribution in [3.63, 3.8) is 0 Å². The number of halogens is 1. The average molecular weight is 580 g/mol. The maximum atomic E-state index is 12.8. The standard InChI is InChI=1S/C27H22BrN3O7/c1-16-2-11-22(13-23(16)31(36)37)30-14-19(12-25(30)33)26(34)29-21-9-5-18(6-10-21)27(35)38-15-24(32)17-3-7-20(28)8-4-17/h2-11,13,19H,12,14-15H2,1H3,(H,29,34)/t19-/m0/s1. The van der Waals surface area contributed by atoms with E-state index >= 15 is 0 Å². The predicted octanol–water partition coefficient (Wildman–Crippen LogP) is 4.70. The fraction of sp³-hybridized carbons (Fsp3) is 0.185. The number of anilines is 2. The van der Waals surface area contributed by atoms with Crippen LogP contribution in [0.4, 0.5) is 17.1 Å². The van der Waals surface area contributed by atoms with E-state index < -0.39 is 29.3 Å². The van der Waals surface area contributed by atoms with Gasteiger partial charge in [-0.1, -0.05) is 34.1 Å². The Morgan fingerprint density at radius 2 is 1.71 bits per heavy atom. The Hall–Kier alpha value is -4.38. The molecule has 3 aromatic carbocycles. The first-order valence-electron chi connectivity index (χ1n) is 11.5. The summed E-state index contributed by atoms with van der Waals surface area (Å²) in [6.45, 7) is 1.29. The smallest absolute Gasteiger partial charge is 0.338 e. The molecule has 0 saturated carbocycles. The lowest BCUT2D eigenvalue weighted by atomic mass is 10.1. The Morgan fingerprint density at radius 1 is 1.05 bits per heavy atom. The van der Waals surface area contributed by atoms with E-state index in [1.165, 1.54) is 35.2 Å². The number of esters is 1. The molecule has 0 aliphatic carbocycles. The van der Waals surface area contributed by atoms with E-state index in [9.17, 15) is 29.3 Å². The van der Waals surface area contributed by atoms with Gasteiger partial charge in [-0.15, -0.1) is 0 Å². The highest BCUT2D eigenvalue weighted by molar-refractivity contribution is 9.10. The average Bonchev–Trinajstić information content (AvgIpc) is 3.29. The van der Waals surface area contributed by atoms with Crippen molar-refractivity contribution >= 4 is 56.6 Å². The Bertz CT molecular complexity index is 1420. The molecule has 10 nitrogen and oxygen atoms in total. The van der Waals surface area contributed by atoms with Crippen molar-refractivity contribution in [2.75, 3.05) is 23.4 Å². The summed E-state index contributed by atoms with van der Waals surface area (Å²) in [7, 11) is 0. The third kappa shape index (κ3) is 6.12. The molecule has 2 amide bonds. The number of ether oxygens (including phenoxy) is 1. The van der Waals surface area contributed by atoms with Crippen LogP contribution in [-0.2, 0) is 14.3 Å². The number of carbonyl (C=O) groups is 4. The number of rotatable bonds is 8. The van der Waals surface area contributed by atoms with Gasteiger partial charge in [-0.05, 0) is 49.4 Å². The Labute approximate surface area is 225 Å². The molecule has 1 N–H and O–H groups in total. The van der Waals surface area contributed by atoms with Gasteiger partial charge in [0.1, 0.15) is 0 Å². The van der Waals surface area contributed by atoms with Gasteiger partial charge in [0.25, 0.3) is 5.69 Å². The van der Waals surface area contributed by atoms with Crippen molar-refractivity contribution < 1.29 is 28.8 Å². The molecule has 11 heteroatoms. The van der Waals surface area contributed by atoms with E-state index in [-0.39, 0.29) is 35.9 Å². The quantitative estimate of drug-likeness (QED) is 0.177. The van der Waals surface area contributed by atoms with Gasteiger partial charge < -0.3 is 15.0 Å². The molecule has 4 rings (SSSR count). The van der Waals surface area contributed by atoms with Crippen LogP contribution in [0.2, 0.25) is 0 Å². The summed E-state index contributed by atoms with van der Waals surface area (Å²) in [5, 5.41) is 14.0. The molecule has 1 aliphatic rings. The van der Waals surface area contributed by atoms with Crippen LogP contribution in [0.3, 0.4) is 0 Å². The van der Waals surface area contributed by atoms with Crippen LogP contribution in [0.5, 0.6) is 0 Å². The van der Waals surface area contributed by atoms with Crippen LogP contribution < -0.4 is 10.2 Å². The summed E-state index contributed by atoms with van der Waals surface area (Å²) in [4.78, 5) is 61.9. The van der Waals surface area contributed by atoms with E-state index in [2.05, 4.69) is 21.2 Å². The summed E-state index contributed by atoms with van der Waals surface area (Å²) < 4.78 is 5.93. The summed E-state index contributed by atoms with van der Waals surface area (Å²) in [5.41, 5.74) is 1.78. The number of hydrogen-bond donors (Lipinski definition) is 1. The van der Waals surface area contributed by atoms with Crippen molar-refractivity contribution in [3.8, 4) is 0 Å². The van der Waals surface area contributed by atoms with Crippen molar-refractivity contribution in [1.29, 1.82) is 0 Å². The van der Waals surface area contributed by atoms with Gasteiger partial charge in [0.2, 0.25) is 11.8 Å². The summed E-state index contributed by atoms with van der Waals surface area (Å²) in [5.74, 6) is -2.37. The maximum Gasteiger partial charge on any atom is 0.338 e. The molecule has 1 aliphatic heterocycles. The van der Waals surface area contributed by atoms with Gasteiger partial charge in [-0.3, -0.25) is 24.5 Å². The zero-order valence-electron chi connectivity index (χ0n) is 20.2. The molecule has 1 heterocycles. The molecule has 0 radical (unpaired) electrons. The Balaban J connectivity index is 1.32. The monoisotopic (exact) mass is 579 g/mol. The second kappa shape index (κ2) is 11.3. The number of benzene rings is 3. The van der Waals surface area contributed by atoms with E-state index in [1.54, 1.807) is 43.3 Å². The first-order valence-corrected chi connectivity index (χ1v) is 12.3. The number of amides is 2. The number of hydrogen-bond acceptors (Lipinski definition) is 7. The molecule has 38 heavy (non-hydrogen) atoms. The summed E-state index contributed by atoms with van der Waals surface area (Å²) >= 11 is 3.29. The van der Waals surface area contributed by atoms with Gasteiger partial charge in [0, 0.05) is 40.3 Å². The zero-order chi connectivity index (χ0) is 27.4. The van der Waals surface area contributed by atoms with Crippen LogP contribution in [0.15, 0.2) is 71.2 Å². The molecule has 1 saturated heterocycles. The van der Waals surface area contributed by atoms with Gasteiger partial charge in [0.05, 0.1) is 22.1 Å². The second-order valence-corrected chi connectivity index (χ2v) is 9.62. The normalized spacial score (nSPS) is 14.7. The van der Waals surface area contributed by atoms with Crippen LogP contribution in [0, 0.1) is 23.0 Å². The fourth-order valence-corrected chi connectivity index (χ4v) is 4.23. The minimum atomic E-state index is -0.683. The molecule has 1 atom stereocenters. The number of Topliss-reactive ketones (excluding diaryl/α,β-unsaturated/α-hetero) is 1. The SMILES string of the molecule is Cc1ccc(N2C[C@@H](C(=O)Nc3ccc(C(=O)OCC(=O)c4ccc(Br)cc4)cc3)CC2=O)cc1[N+](=O)[O-]. The highest BCUT2D eigenvalue weighted by Gasteiger charge is 2.35. The molecule has 0 spiro atoms. The Morgan fingerprint density at radius 3 is 2.37 bits per heavy atom. The summed E-state index contributed by atoms with van der Waals surface area (Å²) in [6.07, 6.45) is -0.0374. The lowest BCUT2D eigenvalue weighted by molar-refractivity contribution is -0.385. The van der Waals surface area contributed by atoms with Crippen molar-refractivity contribution in [2.24, 2.45) is 5.92 Å². The van der Waals surface area contributed by atoms with Crippen molar-refractivity contribution in [1.82, 2.24) is 0 Å². The molecule has 0 unspecified atom stereocenters. The molecule has 3 aromatic rings. The minimum absolute atomic E-state index is 0.0374. The number of nitrogens with zero attached hydrogens (tertiary/aromatic N) is 2. The van der Waals surface area contributed by atoms with E-state index in [4.69, 9.17) is 4.74 Å². The Kier molecular flexibility index (Phi) is 7.96. The van der Waals surface area contributed by atoms with E-state index in [0.717, 1.165) is 4.47 Å². The van der Waals surface area contributed by atoms with Crippen LogP contribution in [-0.4, -0.2) is 41.6 Å². The predicted molar refractivity (Wildman–Crippen MR) is 142 cm³/mol. The molecule has 0 bridgehead atoms. The topological polar surface area (TPSA) is 136 Å². The molecule has 1 fully saturated rings. The third-order valence-electron chi connectivity index (χ3n) is 6.09. The van der Waals surface area contributed by atoms with Gasteiger partial charge in [-0.25, -0.2) is 4.79 Å². The van der Waals surface area contributed by atoms with Gasteiger partial charge in [-0.2, -0.15) is 0 Å². The third-order valence-corrected chi connectivity index (χ3v) is 6.61. The molecule has 194 valence electrons. The number of ketones is 1. The first kappa shape index (κ1) is 26.7. The van der Waals surface area contributed by atoms with Crippen LogP contribution >= 0.6 is 15.9 Å². The molecule has 0 aromatic heterocycles. The zero-order valence-corrected chi connectivity index (χ0v) is 21.8. The lowest BCUT2D eigenvalue weighted by Crippen LogP contribution is -2.28. The van der Waals surface area contributed by atoms with E-state index in [0.29, 0.717) is 22.5 Å². The summed E-state index contributed by atoms with van der Waals surface area (Å²) in [6, 6.07) is 17.1. The number of nitro groups is 1. The van der Waals surface area contributed by atoms with Gasteiger partial charge >= 0.3 is 5.97 Å². The lowest BCUT2D eigenvalue weighted by Gasteiger charge is -2.17. The van der Waals surface area contributed by atoms with Gasteiger partial charge in [0.15, 0.2) is 12.4 Å². The number of aryl methyl sites for hydroxylation is 1. The molecular weight excluding hydrogens is 558 g/mol. The molecular formula is C27H22BrN3O7. The maximum absolute atomic E-state index is 12.8. The van der Waals surface area contributed by atoms with E-state index in [1.807, 2.05) is 0 Å². The largest absolute Gasteiger partial charge is 0.454 e. The highest BCUT2D eigenvalue weighted by Crippen LogP contribution is 2.30.